The molecule has 30 heavy (non-hydrogen) atoms. The molecule has 0 radical (unpaired) electrons. The molecule has 1 fully saturated rings. The van der Waals surface area contributed by atoms with Crippen LogP contribution in [0.4, 0.5) is 5.69 Å². The summed E-state index contributed by atoms with van der Waals surface area (Å²) in [6.07, 6.45) is 6.27. The summed E-state index contributed by atoms with van der Waals surface area (Å²) in [5, 5.41) is 5.70. The number of anilines is 1. The molecule has 0 atom stereocenters. The van der Waals surface area contributed by atoms with E-state index in [1.807, 2.05) is 6.92 Å². The summed E-state index contributed by atoms with van der Waals surface area (Å²) in [4.78, 5) is 38.8. The van der Waals surface area contributed by atoms with Crippen LogP contribution in [0.5, 0.6) is 0 Å². The molecule has 3 rings (SSSR count). The quantitative estimate of drug-likeness (QED) is 0.622. The number of carbonyl (C=O) groups is 2. The van der Waals surface area contributed by atoms with Crippen molar-refractivity contribution < 1.29 is 9.59 Å². The molecular formula is C23H30N4O3. The zero-order valence-electron chi connectivity index (χ0n) is 17.5. The molecule has 1 aromatic heterocycles. The maximum atomic E-state index is 12.3. The lowest BCUT2D eigenvalue weighted by molar-refractivity contribution is -0.116. The second-order valence-corrected chi connectivity index (χ2v) is 7.81. The monoisotopic (exact) mass is 410 g/mol. The highest BCUT2D eigenvalue weighted by atomic mass is 16.2. The van der Waals surface area contributed by atoms with E-state index in [0.717, 1.165) is 24.9 Å². The lowest BCUT2D eigenvalue weighted by atomic mass is 10.2. The average Bonchev–Trinajstić information content (AvgIpc) is 3.24. The Morgan fingerprint density at radius 3 is 2.47 bits per heavy atom. The largest absolute Gasteiger partial charge is 0.352 e. The van der Waals surface area contributed by atoms with Crippen molar-refractivity contribution in [3.63, 3.8) is 0 Å². The van der Waals surface area contributed by atoms with Crippen LogP contribution >= 0.6 is 0 Å². The van der Waals surface area contributed by atoms with Gasteiger partial charge in [-0.3, -0.25) is 14.4 Å². The van der Waals surface area contributed by atoms with Gasteiger partial charge in [0.25, 0.3) is 11.5 Å². The number of likely N-dealkylation sites (tertiary alicyclic amines) is 1. The highest BCUT2D eigenvalue weighted by Gasteiger charge is 2.11. The van der Waals surface area contributed by atoms with E-state index in [1.165, 1.54) is 36.6 Å². The summed E-state index contributed by atoms with van der Waals surface area (Å²) in [6, 6.07) is 10.0. The van der Waals surface area contributed by atoms with Gasteiger partial charge >= 0.3 is 0 Å². The molecule has 1 aliphatic heterocycles. The fraction of sp³-hybridized carbons (Fsp3) is 0.435. The van der Waals surface area contributed by atoms with E-state index in [-0.39, 0.29) is 23.9 Å². The third kappa shape index (κ3) is 6.56. The number of nitrogens with zero attached hydrogens (tertiary/aromatic N) is 2. The number of rotatable bonds is 9. The maximum Gasteiger partial charge on any atom is 0.251 e. The molecule has 0 unspecified atom stereocenters. The summed E-state index contributed by atoms with van der Waals surface area (Å²) in [7, 11) is 0. The van der Waals surface area contributed by atoms with E-state index in [2.05, 4.69) is 15.5 Å². The first-order chi connectivity index (χ1) is 14.5. The SMILES string of the molecule is Cc1ccn(CC(=O)Nc2ccc(C(=O)NCCCCN3CCCC3)cc2)c(=O)c1. The Morgan fingerprint density at radius 2 is 1.77 bits per heavy atom. The minimum absolute atomic E-state index is 0.0568. The molecule has 7 nitrogen and oxygen atoms in total. The smallest absolute Gasteiger partial charge is 0.251 e. The zero-order chi connectivity index (χ0) is 21.3. The molecule has 0 bridgehead atoms. The molecule has 1 aliphatic rings. The normalized spacial score (nSPS) is 13.9. The molecule has 7 heteroatoms. The van der Waals surface area contributed by atoms with Gasteiger partial charge in [0, 0.05) is 30.1 Å². The second kappa shape index (κ2) is 10.7. The van der Waals surface area contributed by atoms with E-state index in [1.54, 1.807) is 36.5 Å². The van der Waals surface area contributed by atoms with Crippen molar-refractivity contribution in [3.8, 4) is 0 Å². The van der Waals surface area contributed by atoms with Gasteiger partial charge in [-0.1, -0.05) is 0 Å². The first-order valence-electron chi connectivity index (χ1n) is 10.6. The molecule has 0 spiro atoms. The number of benzene rings is 1. The highest BCUT2D eigenvalue weighted by Crippen LogP contribution is 2.10. The summed E-state index contributed by atoms with van der Waals surface area (Å²) in [6.45, 7) is 5.96. The lowest BCUT2D eigenvalue weighted by Crippen LogP contribution is -2.27. The van der Waals surface area contributed by atoms with E-state index in [0.29, 0.717) is 17.8 Å². The number of pyridine rings is 1. The van der Waals surface area contributed by atoms with Crippen LogP contribution < -0.4 is 16.2 Å². The van der Waals surface area contributed by atoms with Crippen molar-refractivity contribution in [2.75, 3.05) is 31.5 Å². The van der Waals surface area contributed by atoms with E-state index in [4.69, 9.17) is 0 Å². The van der Waals surface area contributed by atoms with Crippen molar-refractivity contribution >= 4 is 17.5 Å². The molecule has 160 valence electrons. The third-order valence-electron chi connectivity index (χ3n) is 5.28. The molecule has 0 aliphatic carbocycles. The van der Waals surface area contributed by atoms with Gasteiger partial charge in [0.1, 0.15) is 6.54 Å². The standard InChI is InChI=1S/C23H30N4O3/c1-18-10-15-27(22(29)16-18)17-21(28)25-20-8-6-19(7-9-20)23(30)24-11-2-3-12-26-13-4-5-14-26/h6-10,15-16H,2-5,11-14,17H2,1H3,(H,24,30)(H,25,28). The fourth-order valence-electron chi connectivity index (χ4n) is 3.57. The Kier molecular flexibility index (Phi) is 7.79. The minimum Gasteiger partial charge on any atom is -0.352 e. The molecule has 1 saturated heterocycles. The van der Waals surface area contributed by atoms with Gasteiger partial charge in [0.15, 0.2) is 0 Å². The minimum atomic E-state index is -0.295. The Hall–Kier alpha value is -2.93. The van der Waals surface area contributed by atoms with Gasteiger partial charge < -0.3 is 20.1 Å². The first kappa shape index (κ1) is 21.8. The van der Waals surface area contributed by atoms with Gasteiger partial charge in [0.2, 0.25) is 5.91 Å². The second-order valence-electron chi connectivity index (χ2n) is 7.81. The van der Waals surface area contributed by atoms with Crippen LogP contribution in [-0.4, -0.2) is 47.5 Å². The first-order valence-corrected chi connectivity index (χ1v) is 10.6. The van der Waals surface area contributed by atoms with Gasteiger partial charge in [-0.2, -0.15) is 0 Å². The van der Waals surface area contributed by atoms with Crippen LogP contribution in [0.15, 0.2) is 47.4 Å². The number of nitrogens with one attached hydrogen (secondary N) is 2. The van der Waals surface area contributed by atoms with Gasteiger partial charge in [-0.15, -0.1) is 0 Å². The Labute approximate surface area is 177 Å². The number of unbranched alkanes of at least 4 members (excludes halogenated alkanes) is 1. The van der Waals surface area contributed by atoms with Gasteiger partial charge in [-0.25, -0.2) is 0 Å². The number of carbonyl (C=O) groups excluding carboxylic acids is 2. The number of hydrogen-bond acceptors (Lipinski definition) is 4. The summed E-state index contributed by atoms with van der Waals surface area (Å²) < 4.78 is 1.36. The zero-order valence-corrected chi connectivity index (χ0v) is 17.5. The van der Waals surface area contributed by atoms with E-state index < -0.39 is 0 Å². The maximum absolute atomic E-state index is 12.3. The topological polar surface area (TPSA) is 83.4 Å². The molecule has 0 saturated carbocycles. The van der Waals surface area contributed by atoms with Crippen molar-refractivity contribution in [2.45, 2.75) is 39.2 Å². The number of aromatic nitrogens is 1. The Balaban J connectivity index is 1.40. The number of amides is 2. The van der Waals surface area contributed by atoms with Gasteiger partial charge in [-0.05, 0) is 88.1 Å². The van der Waals surface area contributed by atoms with Crippen LogP contribution in [0.2, 0.25) is 0 Å². The Morgan fingerprint density at radius 1 is 1.03 bits per heavy atom. The summed E-state index contributed by atoms with van der Waals surface area (Å²) >= 11 is 0. The summed E-state index contributed by atoms with van der Waals surface area (Å²) in [5.74, 6) is -0.406. The molecule has 1 aromatic carbocycles. The lowest BCUT2D eigenvalue weighted by Gasteiger charge is -2.14. The van der Waals surface area contributed by atoms with Crippen molar-refractivity contribution in [3.05, 3.63) is 64.1 Å². The highest BCUT2D eigenvalue weighted by molar-refractivity contribution is 5.95. The van der Waals surface area contributed by atoms with E-state index >= 15 is 0 Å². The van der Waals surface area contributed by atoms with Crippen molar-refractivity contribution in [2.24, 2.45) is 0 Å². The van der Waals surface area contributed by atoms with Crippen LogP contribution in [-0.2, 0) is 11.3 Å². The molecule has 2 heterocycles. The van der Waals surface area contributed by atoms with Gasteiger partial charge in [0.05, 0.1) is 0 Å². The molecule has 2 amide bonds. The average molecular weight is 411 g/mol. The van der Waals surface area contributed by atoms with Crippen LogP contribution in [0, 0.1) is 6.92 Å². The van der Waals surface area contributed by atoms with Crippen LogP contribution in [0.25, 0.3) is 0 Å². The number of hydrogen-bond donors (Lipinski definition) is 2. The third-order valence-corrected chi connectivity index (χ3v) is 5.28. The van der Waals surface area contributed by atoms with E-state index in [9.17, 15) is 14.4 Å². The van der Waals surface area contributed by atoms with Crippen LogP contribution in [0.3, 0.4) is 0 Å². The molecule has 2 N–H and O–H groups in total. The fourth-order valence-corrected chi connectivity index (χ4v) is 3.57. The predicted octanol–water partition coefficient (Wildman–Crippen LogP) is 2.40. The Bertz CT molecular complexity index is 915. The van der Waals surface area contributed by atoms with Crippen molar-refractivity contribution in [1.82, 2.24) is 14.8 Å². The predicted molar refractivity (Wildman–Crippen MR) is 118 cm³/mol. The van der Waals surface area contributed by atoms with Crippen molar-refractivity contribution in [1.29, 1.82) is 0 Å². The molecular weight excluding hydrogens is 380 g/mol. The van der Waals surface area contributed by atoms with Crippen LogP contribution in [0.1, 0.15) is 41.6 Å². The molecule has 2 aromatic rings. The number of aryl methyl sites for hydroxylation is 1. The summed E-state index contributed by atoms with van der Waals surface area (Å²) in [5.41, 5.74) is 1.79.